The summed E-state index contributed by atoms with van der Waals surface area (Å²) in [6, 6.07) is 0.589. The van der Waals surface area contributed by atoms with E-state index in [4.69, 9.17) is 0 Å². The van der Waals surface area contributed by atoms with E-state index in [2.05, 4.69) is 30.8 Å². The van der Waals surface area contributed by atoms with Gasteiger partial charge in [0.05, 0.1) is 0 Å². The maximum atomic E-state index is 11.9. The summed E-state index contributed by atoms with van der Waals surface area (Å²) in [4.78, 5) is 20.1. The van der Waals surface area contributed by atoms with Gasteiger partial charge in [0.1, 0.15) is 5.69 Å². The van der Waals surface area contributed by atoms with Crippen LogP contribution in [0.2, 0.25) is 0 Å². The van der Waals surface area contributed by atoms with Crippen molar-refractivity contribution < 1.29 is 4.79 Å². The molecule has 0 amide bonds. The van der Waals surface area contributed by atoms with Gasteiger partial charge in [-0.1, -0.05) is 13.8 Å². The van der Waals surface area contributed by atoms with Gasteiger partial charge in [-0.15, -0.1) is 11.3 Å². The summed E-state index contributed by atoms with van der Waals surface area (Å²) in [6.07, 6.45) is 7.75. The van der Waals surface area contributed by atoms with Crippen LogP contribution in [-0.4, -0.2) is 23.9 Å². The Balaban J connectivity index is 1.75. The molecule has 0 aliphatic heterocycles. The third-order valence-electron chi connectivity index (χ3n) is 4.92. The SMILES string of the molecule is CN(c1nc2c(s1)CCCC2=O)C1CCC(C)(C)CC1. The molecule has 3 rings (SSSR count). The third kappa shape index (κ3) is 2.62. The van der Waals surface area contributed by atoms with Gasteiger partial charge < -0.3 is 4.90 Å². The normalized spacial score (nSPS) is 22.6. The number of aromatic nitrogens is 1. The molecule has 110 valence electrons. The van der Waals surface area contributed by atoms with Crippen LogP contribution in [0.3, 0.4) is 0 Å². The van der Waals surface area contributed by atoms with E-state index >= 15 is 0 Å². The Kier molecular flexibility index (Phi) is 3.61. The van der Waals surface area contributed by atoms with E-state index < -0.39 is 0 Å². The van der Waals surface area contributed by atoms with Gasteiger partial charge in [0.15, 0.2) is 10.9 Å². The number of fused-ring (bicyclic) bond motifs is 1. The van der Waals surface area contributed by atoms with Crippen molar-refractivity contribution in [2.75, 3.05) is 11.9 Å². The first-order valence-electron chi connectivity index (χ1n) is 7.72. The number of carbonyl (C=O) groups excluding carboxylic acids is 1. The number of aryl methyl sites for hydroxylation is 1. The van der Waals surface area contributed by atoms with E-state index in [1.54, 1.807) is 11.3 Å². The largest absolute Gasteiger partial charge is 0.348 e. The second kappa shape index (κ2) is 5.14. The second-order valence-corrected chi connectivity index (χ2v) is 8.11. The summed E-state index contributed by atoms with van der Waals surface area (Å²) >= 11 is 1.73. The first kappa shape index (κ1) is 14.1. The smallest absolute Gasteiger partial charge is 0.186 e. The number of carbonyl (C=O) groups is 1. The topological polar surface area (TPSA) is 33.2 Å². The number of nitrogens with zero attached hydrogens (tertiary/aromatic N) is 2. The minimum atomic E-state index is 0.243. The molecule has 3 nitrogen and oxygen atoms in total. The van der Waals surface area contributed by atoms with Crippen LogP contribution in [0, 0.1) is 5.41 Å². The quantitative estimate of drug-likeness (QED) is 0.824. The molecular formula is C16H24N2OS. The van der Waals surface area contributed by atoms with E-state index in [0.717, 1.165) is 23.7 Å². The lowest BCUT2D eigenvalue weighted by molar-refractivity contribution is 0.0968. The van der Waals surface area contributed by atoms with Crippen LogP contribution in [0.5, 0.6) is 0 Å². The van der Waals surface area contributed by atoms with E-state index in [0.29, 0.717) is 17.9 Å². The van der Waals surface area contributed by atoms with Gasteiger partial charge in [0, 0.05) is 24.4 Å². The Morgan fingerprint density at radius 2 is 1.95 bits per heavy atom. The van der Waals surface area contributed by atoms with E-state index in [1.807, 2.05) is 0 Å². The first-order chi connectivity index (χ1) is 9.46. The fourth-order valence-corrected chi connectivity index (χ4v) is 4.49. The molecule has 1 heterocycles. The fraction of sp³-hybridized carbons (Fsp3) is 0.750. The Morgan fingerprint density at radius 1 is 1.25 bits per heavy atom. The van der Waals surface area contributed by atoms with Crippen LogP contribution >= 0.6 is 11.3 Å². The Morgan fingerprint density at radius 3 is 2.60 bits per heavy atom. The lowest BCUT2D eigenvalue weighted by atomic mass is 9.75. The summed E-state index contributed by atoms with van der Waals surface area (Å²) in [6.45, 7) is 4.73. The molecule has 1 aromatic rings. The maximum Gasteiger partial charge on any atom is 0.186 e. The highest BCUT2D eigenvalue weighted by molar-refractivity contribution is 7.16. The molecule has 0 atom stereocenters. The van der Waals surface area contributed by atoms with E-state index in [1.165, 1.54) is 30.6 Å². The Bertz CT molecular complexity index is 511. The highest BCUT2D eigenvalue weighted by atomic mass is 32.1. The van der Waals surface area contributed by atoms with Crippen molar-refractivity contribution in [1.29, 1.82) is 0 Å². The number of thiazole rings is 1. The van der Waals surface area contributed by atoms with Crippen LogP contribution in [0.4, 0.5) is 5.13 Å². The molecule has 4 heteroatoms. The molecule has 2 aliphatic rings. The summed E-state index contributed by atoms with van der Waals surface area (Å²) < 4.78 is 0. The van der Waals surface area contributed by atoms with Gasteiger partial charge in [-0.05, 0) is 43.9 Å². The molecule has 1 aromatic heterocycles. The molecule has 0 N–H and O–H groups in total. The number of ketones is 1. The lowest BCUT2D eigenvalue weighted by Crippen LogP contribution is -2.37. The Hall–Kier alpha value is -0.900. The zero-order valence-electron chi connectivity index (χ0n) is 12.7. The maximum absolute atomic E-state index is 11.9. The summed E-state index contributed by atoms with van der Waals surface area (Å²) in [7, 11) is 2.15. The molecular weight excluding hydrogens is 268 g/mol. The third-order valence-corrected chi connectivity index (χ3v) is 6.12. The van der Waals surface area contributed by atoms with Gasteiger partial charge in [-0.25, -0.2) is 4.98 Å². The second-order valence-electron chi connectivity index (χ2n) is 7.05. The van der Waals surface area contributed by atoms with Crippen molar-refractivity contribution in [2.45, 2.75) is 64.8 Å². The standard InChI is InChI=1S/C16H24N2OS/c1-16(2)9-7-11(8-10-16)18(3)15-17-14-12(19)5-4-6-13(14)20-15/h11H,4-10H2,1-3H3. The van der Waals surface area contributed by atoms with Crippen LogP contribution < -0.4 is 4.90 Å². The molecule has 20 heavy (non-hydrogen) atoms. The van der Waals surface area contributed by atoms with Gasteiger partial charge in [-0.2, -0.15) is 0 Å². The number of rotatable bonds is 2. The highest BCUT2D eigenvalue weighted by Gasteiger charge is 2.31. The number of hydrogen-bond acceptors (Lipinski definition) is 4. The van der Waals surface area contributed by atoms with Crippen molar-refractivity contribution in [3.8, 4) is 0 Å². The van der Waals surface area contributed by atoms with Gasteiger partial charge in [0.25, 0.3) is 0 Å². The number of hydrogen-bond donors (Lipinski definition) is 0. The monoisotopic (exact) mass is 292 g/mol. The van der Waals surface area contributed by atoms with Crippen LogP contribution in [0.1, 0.15) is 67.7 Å². The number of Topliss-reactive ketones (excluding diaryl/α,β-unsaturated/α-hetero) is 1. The average molecular weight is 292 g/mol. The van der Waals surface area contributed by atoms with Crippen molar-refractivity contribution in [2.24, 2.45) is 5.41 Å². The van der Waals surface area contributed by atoms with Crippen LogP contribution in [0.15, 0.2) is 0 Å². The van der Waals surface area contributed by atoms with Crippen molar-refractivity contribution in [1.82, 2.24) is 4.98 Å². The van der Waals surface area contributed by atoms with Crippen LogP contribution in [-0.2, 0) is 6.42 Å². The predicted molar refractivity (Wildman–Crippen MR) is 83.8 cm³/mol. The van der Waals surface area contributed by atoms with Gasteiger partial charge >= 0.3 is 0 Å². The summed E-state index contributed by atoms with van der Waals surface area (Å²) in [5.41, 5.74) is 1.26. The summed E-state index contributed by atoms with van der Waals surface area (Å²) in [5.74, 6) is 0.243. The van der Waals surface area contributed by atoms with Gasteiger partial charge in [0.2, 0.25) is 0 Å². The molecule has 0 spiro atoms. The minimum Gasteiger partial charge on any atom is -0.348 e. The summed E-state index contributed by atoms with van der Waals surface area (Å²) in [5, 5.41) is 1.05. The Labute approximate surface area is 125 Å². The number of anilines is 1. The first-order valence-corrected chi connectivity index (χ1v) is 8.54. The minimum absolute atomic E-state index is 0.243. The predicted octanol–water partition coefficient (Wildman–Crippen LogP) is 4.07. The molecule has 2 aliphatic carbocycles. The molecule has 0 bridgehead atoms. The molecule has 1 fully saturated rings. The molecule has 1 saturated carbocycles. The van der Waals surface area contributed by atoms with E-state index in [-0.39, 0.29) is 5.78 Å². The van der Waals surface area contributed by atoms with Gasteiger partial charge in [-0.3, -0.25) is 4.79 Å². The molecule has 0 unspecified atom stereocenters. The lowest BCUT2D eigenvalue weighted by Gasteiger charge is -2.38. The highest BCUT2D eigenvalue weighted by Crippen LogP contribution is 2.39. The van der Waals surface area contributed by atoms with E-state index in [9.17, 15) is 4.79 Å². The van der Waals surface area contributed by atoms with Crippen molar-refractivity contribution >= 4 is 22.3 Å². The average Bonchev–Trinajstić information content (AvgIpc) is 2.83. The van der Waals surface area contributed by atoms with Crippen molar-refractivity contribution in [3.05, 3.63) is 10.6 Å². The molecule has 0 aromatic carbocycles. The van der Waals surface area contributed by atoms with Crippen molar-refractivity contribution in [3.63, 3.8) is 0 Å². The molecule has 0 saturated heterocycles. The fourth-order valence-electron chi connectivity index (χ4n) is 3.33. The van der Waals surface area contributed by atoms with Crippen LogP contribution in [0.25, 0.3) is 0 Å². The zero-order valence-corrected chi connectivity index (χ0v) is 13.6. The molecule has 0 radical (unpaired) electrons. The zero-order chi connectivity index (χ0) is 14.3.